The predicted molar refractivity (Wildman–Crippen MR) is 58.0 cm³/mol. The fraction of sp³-hybridized carbons (Fsp3) is 0.500. The molecule has 0 saturated carbocycles. The first kappa shape index (κ1) is 11.0. The number of rotatable bonds is 1. The lowest BCUT2D eigenvalue weighted by Gasteiger charge is -2.19. The molecule has 0 aliphatic heterocycles. The number of hydrogen-bond acceptors (Lipinski definition) is 3. The van der Waals surface area contributed by atoms with Crippen LogP contribution in [-0.2, 0) is 0 Å². The zero-order valence-electron chi connectivity index (χ0n) is 8.88. The van der Waals surface area contributed by atoms with Gasteiger partial charge in [0.2, 0.25) is 0 Å². The molecule has 0 spiro atoms. The van der Waals surface area contributed by atoms with E-state index in [2.05, 4.69) is 5.32 Å². The summed E-state index contributed by atoms with van der Waals surface area (Å²) in [4.78, 5) is 12.4. The third-order valence-electron chi connectivity index (χ3n) is 1.49. The molecule has 1 rings (SSSR count). The average Bonchev–Trinajstić information content (AvgIpc) is 2.32. The first-order valence-corrected chi connectivity index (χ1v) is 5.30. The van der Waals surface area contributed by atoms with Crippen LogP contribution in [-0.4, -0.2) is 11.6 Å². The van der Waals surface area contributed by atoms with Crippen molar-refractivity contribution < 1.29 is 9.53 Å². The van der Waals surface area contributed by atoms with Crippen molar-refractivity contribution in [2.45, 2.75) is 33.2 Å². The van der Waals surface area contributed by atoms with Crippen molar-refractivity contribution >= 4 is 17.4 Å². The Morgan fingerprint density at radius 1 is 1.50 bits per heavy atom. The monoisotopic (exact) mass is 213 g/mol. The molecule has 0 aliphatic carbocycles. The van der Waals surface area contributed by atoms with Gasteiger partial charge in [0, 0.05) is 10.4 Å². The minimum absolute atomic E-state index is 0.263. The second-order valence-electron chi connectivity index (χ2n) is 4.11. The molecule has 3 nitrogen and oxygen atoms in total. The highest BCUT2D eigenvalue weighted by Crippen LogP contribution is 2.23. The topological polar surface area (TPSA) is 38.3 Å². The van der Waals surface area contributed by atoms with Crippen LogP contribution in [0.25, 0.3) is 0 Å². The molecule has 1 N–H and O–H groups in total. The highest BCUT2D eigenvalue weighted by atomic mass is 32.1. The standard InChI is InChI=1S/C10H15NO2S/c1-7-8(5-6-14-7)13-9(12)11-10(2,3)4/h5-6H,1-4H3,(H,11,12). The molecular formula is C10H15NO2S. The van der Waals surface area contributed by atoms with E-state index in [4.69, 9.17) is 4.74 Å². The van der Waals surface area contributed by atoms with Crippen LogP contribution in [0.4, 0.5) is 4.79 Å². The van der Waals surface area contributed by atoms with Gasteiger partial charge in [0.15, 0.2) is 0 Å². The lowest BCUT2D eigenvalue weighted by molar-refractivity contribution is 0.190. The summed E-state index contributed by atoms with van der Waals surface area (Å²) < 4.78 is 5.12. The van der Waals surface area contributed by atoms with Crippen molar-refractivity contribution in [3.05, 3.63) is 16.3 Å². The third kappa shape index (κ3) is 3.38. The summed E-state index contributed by atoms with van der Waals surface area (Å²) in [6.07, 6.45) is -0.404. The van der Waals surface area contributed by atoms with Crippen LogP contribution in [0.1, 0.15) is 25.6 Å². The maximum absolute atomic E-state index is 11.3. The Hall–Kier alpha value is -1.03. The zero-order valence-corrected chi connectivity index (χ0v) is 9.70. The number of carbonyl (C=O) groups excluding carboxylic acids is 1. The molecule has 0 radical (unpaired) electrons. The van der Waals surface area contributed by atoms with Crippen LogP contribution in [0.3, 0.4) is 0 Å². The second kappa shape index (κ2) is 4.00. The van der Waals surface area contributed by atoms with Crippen LogP contribution in [0, 0.1) is 6.92 Å². The molecule has 0 unspecified atom stereocenters. The summed E-state index contributed by atoms with van der Waals surface area (Å²) in [6.45, 7) is 7.66. The number of ether oxygens (including phenoxy) is 1. The van der Waals surface area contributed by atoms with Crippen molar-refractivity contribution in [2.75, 3.05) is 0 Å². The fourth-order valence-electron chi connectivity index (χ4n) is 0.911. The molecule has 1 heterocycles. The lowest BCUT2D eigenvalue weighted by Crippen LogP contribution is -2.42. The molecule has 4 heteroatoms. The summed E-state index contributed by atoms with van der Waals surface area (Å²) in [5, 5.41) is 4.63. The largest absolute Gasteiger partial charge is 0.413 e. The summed E-state index contributed by atoms with van der Waals surface area (Å²) >= 11 is 1.56. The number of amides is 1. The Balaban J connectivity index is 2.54. The van der Waals surface area contributed by atoms with Gasteiger partial charge >= 0.3 is 6.09 Å². The number of hydrogen-bond donors (Lipinski definition) is 1. The lowest BCUT2D eigenvalue weighted by atomic mass is 10.1. The maximum Gasteiger partial charge on any atom is 0.413 e. The quantitative estimate of drug-likeness (QED) is 0.779. The molecule has 0 fully saturated rings. The van der Waals surface area contributed by atoms with E-state index in [1.807, 2.05) is 33.1 Å². The molecular weight excluding hydrogens is 198 g/mol. The average molecular weight is 213 g/mol. The van der Waals surface area contributed by atoms with Crippen LogP contribution >= 0.6 is 11.3 Å². The fourth-order valence-corrected chi connectivity index (χ4v) is 1.53. The van der Waals surface area contributed by atoms with E-state index >= 15 is 0 Å². The smallest absolute Gasteiger partial charge is 0.409 e. The van der Waals surface area contributed by atoms with Crippen LogP contribution in [0.2, 0.25) is 0 Å². The minimum atomic E-state index is -0.404. The van der Waals surface area contributed by atoms with Crippen LogP contribution in [0.15, 0.2) is 11.4 Å². The maximum atomic E-state index is 11.3. The molecule has 1 aromatic rings. The van der Waals surface area contributed by atoms with Crippen molar-refractivity contribution in [3.8, 4) is 5.75 Å². The first-order chi connectivity index (χ1) is 6.38. The SMILES string of the molecule is Cc1sccc1OC(=O)NC(C)(C)C. The van der Waals surface area contributed by atoms with Crippen molar-refractivity contribution in [1.82, 2.24) is 5.32 Å². The van der Waals surface area contributed by atoms with Crippen molar-refractivity contribution in [2.24, 2.45) is 0 Å². The van der Waals surface area contributed by atoms with Gasteiger partial charge < -0.3 is 10.1 Å². The predicted octanol–water partition coefficient (Wildman–Crippen LogP) is 2.94. The molecule has 0 bridgehead atoms. The second-order valence-corrected chi connectivity index (χ2v) is 5.23. The number of aryl methyl sites for hydroxylation is 1. The highest BCUT2D eigenvalue weighted by molar-refractivity contribution is 7.10. The minimum Gasteiger partial charge on any atom is -0.409 e. The summed E-state index contributed by atoms with van der Waals surface area (Å²) in [5.74, 6) is 0.636. The molecule has 0 aromatic carbocycles. The van der Waals surface area contributed by atoms with Crippen molar-refractivity contribution in [1.29, 1.82) is 0 Å². The number of carbonyl (C=O) groups is 1. The van der Waals surface area contributed by atoms with Crippen molar-refractivity contribution in [3.63, 3.8) is 0 Å². The highest BCUT2D eigenvalue weighted by Gasteiger charge is 2.15. The van der Waals surface area contributed by atoms with Gasteiger partial charge in [-0.05, 0) is 39.1 Å². The van der Waals surface area contributed by atoms with Gasteiger partial charge in [0.25, 0.3) is 0 Å². The molecule has 0 saturated heterocycles. The van der Waals surface area contributed by atoms with Gasteiger partial charge in [-0.1, -0.05) is 0 Å². The zero-order chi connectivity index (χ0) is 10.8. The van der Waals surface area contributed by atoms with Gasteiger partial charge in [-0.3, -0.25) is 0 Å². The molecule has 14 heavy (non-hydrogen) atoms. The van der Waals surface area contributed by atoms with Gasteiger partial charge in [-0.25, -0.2) is 4.79 Å². The Morgan fingerprint density at radius 2 is 2.14 bits per heavy atom. The van der Waals surface area contributed by atoms with Crippen LogP contribution < -0.4 is 10.1 Å². The molecule has 0 aliphatic rings. The molecule has 1 aromatic heterocycles. The van der Waals surface area contributed by atoms with Gasteiger partial charge in [-0.15, -0.1) is 11.3 Å². The van der Waals surface area contributed by atoms with E-state index in [0.717, 1.165) is 4.88 Å². The van der Waals surface area contributed by atoms with E-state index in [9.17, 15) is 4.79 Å². The normalized spacial score (nSPS) is 11.1. The first-order valence-electron chi connectivity index (χ1n) is 4.42. The van der Waals surface area contributed by atoms with Gasteiger partial charge in [-0.2, -0.15) is 0 Å². The van der Waals surface area contributed by atoms with E-state index in [1.165, 1.54) is 0 Å². The Morgan fingerprint density at radius 3 is 2.57 bits per heavy atom. The van der Waals surface area contributed by atoms with Gasteiger partial charge in [0.1, 0.15) is 5.75 Å². The Bertz CT molecular complexity index is 325. The van der Waals surface area contributed by atoms with E-state index in [0.29, 0.717) is 5.75 Å². The number of nitrogens with one attached hydrogen (secondary N) is 1. The van der Waals surface area contributed by atoms with E-state index < -0.39 is 6.09 Å². The molecule has 78 valence electrons. The molecule has 1 amide bonds. The Kier molecular flexibility index (Phi) is 3.16. The summed E-state index contributed by atoms with van der Waals surface area (Å²) in [6, 6.07) is 1.79. The van der Waals surface area contributed by atoms with E-state index in [-0.39, 0.29) is 5.54 Å². The molecule has 0 atom stereocenters. The summed E-state index contributed by atoms with van der Waals surface area (Å²) in [5.41, 5.74) is -0.263. The van der Waals surface area contributed by atoms with Gasteiger partial charge in [0.05, 0.1) is 0 Å². The summed E-state index contributed by atoms with van der Waals surface area (Å²) in [7, 11) is 0. The Labute approximate surface area is 88.1 Å². The van der Waals surface area contributed by atoms with E-state index in [1.54, 1.807) is 17.4 Å². The third-order valence-corrected chi connectivity index (χ3v) is 2.32. The van der Waals surface area contributed by atoms with Crippen LogP contribution in [0.5, 0.6) is 5.75 Å². The number of thiophene rings is 1.